The first kappa shape index (κ1) is 14.2. The van der Waals surface area contributed by atoms with Crippen LogP contribution in [-0.2, 0) is 0 Å². The quantitative estimate of drug-likeness (QED) is 0.704. The standard InChI is InChI=1S/C15H17ClO2P/c1-12-6-4-8-14(10-12)17-19(3,16)18-15-9-5-7-13(2)11-15/h4-11H,1-3H3/q+1. The van der Waals surface area contributed by atoms with Crippen molar-refractivity contribution in [3.05, 3.63) is 59.7 Å². The normalized spacial score (nSPS) is 11.2. The van der Waals surface area contributed by atoms with Crippen LogP contribution in [0.15, 0.2) is 48.5 Å². The van der Waals surface area contributed by atoms with Crippen molar-refractivity contribution < 1.29 is 9.05 Å². The fourth-order valence-electron chi connectivity index (χ4n) is 1.74. The van der Waals surface area contributed by atoms with Gasteiger partial charge < -0.3 is 0 Å². The summed E-state index contributed by atoms with van der Waals surface area (Å²) in [5.41, 5.74) is 2.26. The second-order valence-electron chi connectivity index (χ2n) is 4.56. The Kier molecular flexibility index (Phi) is 4.34. The molecule has 2 rings (SSSR count). The summed E-state index contributed by atoms with van der Waals surface area (Å²) in [6.07, 6.45) is 0. The first-order chi connectivity index (χ1) is 8.94. The van der Waals surface area contributed by atoms with Gasteiger partial charge in [-0.15, -0.1) is 0 Å². The van der Waals surface area contributed by atoms with E-state index in [1.807, 2.05) is 62.4 Å². The Morgan fingerprint density at radius 3 is 1.63 bits per heavy atom. The fraction of sp³-hybridized carbons (Fsp3) is 0.200. The van der Waals surface area contributed by atoms with Crippen molar-refractivity contribution in [3.8, 4) is 11.5 Å². The van der Waals surface area contributed by atoms with Gasteiger partial charge in [0.15, 0.2) is 22.7 Å². The second kappa shape index (κ2) is 5.81. The zero-order valence-electron chi connectivity index (χ0n) is 11.3. The number of hydrogen-bond donors (Lipinski definition) is 0. The first-order valence-electron chi connectivity index (χ1n) is 6.03. The maximum Gasteiger partial charge on any atom is 0.456 e. The summed E-state index contributed by atoms with van der Waals surface area (Å²) in [5, 5.41) is 0. The average molecular weight is 296 g/mol. The van der Waals surface area contributed by atoms with Crippen LogP contribution in [0, 0.1) is 13.8 Å². The van der Waals surface area contributed by atoms with Crippen LogP contribution >= 0.6 is 18.3 Å². The Hall–Kier alpha value is -1.24. The zero-order chi connectivity index (χ0) is 13.9. The Balaban J connectivity index is 2.10. The molecule has 0 saturated heterocycles. The molecule has 0 bridgehead atoms. The minimum absolute atomic E-state index is 0.735. The average Bonchev–Trinajstić information content (AvgIpc) is 2.27. The van der Waals surface area contributed by atoms with Crippen LogP contribution in [0.25, 0.3) is 0 Å². The van der Waals surface area contributed by atoms with E-state index < -0.39 is 7.07 Å². The minimum atomic E-state index is -2.45. The van der Waals surface area contributed by atoms with Gasteiger partial charge in [0, 0.05) is 0 Å². The van der Waals surface area contributed by atoms with E-state index in [1.165, 1.54) is 0 Å². The molecule has 0 fully saturated rings. The number of hydrogen-bond acceptors (Lipinski definition) is 2. The highest BCUT2D eigenvalue weighted by Crippen LogP contribution is 2.61. The van der Waals surface area contributed by atoms with Crippen LogP contribution < -0.4 is 9.05 Å². The molecular formula is C15H17ClO2P+. The first-order valence-corrected chi connectivity index (χ1v) is 9.01. The largest absolute Gasteiger partial charge is 0.456 e. The number of benzene rings is 2. The van der Waals surface area contributed by atoms with Gasteiger partial charge in [0.25, 0.3) is 0 Å². The van der Waals surface area contributed by atoms with Gasteiger partial charge in [0.1, 0.15) is 6.66 Å². The van der Waals surface area contributed by atoms with E-state index in [-0.39, 0.29) is 0 Å². The van der Waals surface area contributed by atoms with Crippen molar-refractivity contribution in [2.75, 3.05) is 6.66 Å². The maximum absolute atomic E-state index is 6.38. The lowest BCUT2D eigenvalue weighted by Crippen LogP contribution is -2.01. The van der Waals surface area contributed by atoms with Crippen molar-refractivity contribution in [3.63, 3.8) is 0 Å². The molecule has 0 aliphatic carbocycles. The molecule has 100 valence electrons. The van der Waals surface area contributed by atoms with E-state index >= 15 is 0 Å². The third kappa shape index (κ3) is 4.41. The van der Waals surface area contributed by atoms with Gasteiger partial charge in [-0.05, 0) is 49.2 Å². The summed E-state index contributed by atoms with van der Waals surface area (Å²) >= 11 is 6.38. The van der Waals surface area contributed by atoms with E-state index in [0.29, 0.717) is 0 Å². The molecule has 0 aliphatic rings. The molecule has 0 N–H and O–H groups in total. The SMILES string of the molecule is Cc1cccc(O[P+](C)(Cl)Oc2cccc(C)c2)c1. The van der Waals surface area contributed by atoms with Gasteiger partial charge in [0.2, 0.25) is 0 Å². The fourth-order valence-corrected chi connectivity index (χ4v) is 3.24. The summed E-state index contributed by atoms with van der Waals surface area (Å²) in [6.45, 7) is 5.82. The van der Waals surface area contributed by atoms with Crippen molar-refractivity contribution in [2.24, 2.45) is 0 Å². The van der Waals surface area contributed by atoms with Gasteiger partial charge in [-0.25, -0.2) is 0 Å². The highest BCUT2D eigenvalue weighted by molar-refractivity contribution is 7.91. The predicted octanol–water partition coefficient (Wildman–Crippen LogP) is 5.39. The molecule has 0 amide bonds. The van der Waals surface area contributed by atoms with Crippen LogP contribution in [0.3, 0.4) is 0 Å². The lowest BCUT2D eigenvalue weighted by Gasteiger charge is -2.14. The molecule has 2 aromatic rings. The molecule has 2 nitrogen and oxygen atoms in total. The summed E-state index contributed by atoms with van der Waals surface area (Å²) in [6, 6.07) is 15.6. The lowest BCUT2D eigenvalue weighted by atomic mass is 10.2. The Morgan fingerprint density at radius 2 is 1.26 bits per heavy atom. The predicted molar refractivity (Wildman–Crippen MR) is 82.3 cm³/mol. The number of rotatable bonds is 4. The summed E-state index contributed by atoms with van der Waals surface area (Å²) in [4.78, 5) is 0. The van der Waals surface area contributed by atoms with Gasteiger partial charge in [0.05, 0.1) is 0 Å². The molecule has 0 atom stereocenters. The van der Waals surface area contributed by atoms with E-state index in [1.54, 1.807) is 6.66 Å². The monoisotopic (exact) mass is 295 g/mol. The highest BCUT2D eigenvalue weighted by atomic mass is 35.7. The third-order valence-corrected chi connectivity index (χ3v) is 4.00. The van der Waals surface area contributed by atoms with Gasteiger partial charge >= 0.3 is 7.07 Å². The molecule has 0 saturated carbocycles. The maximum atomic E-state index is 6.38. The van der Waals surface area contributed by atoms with Crippen LogP contribution in [0.2, 0.25) is 0 Å². The van der Waals surface area contributed by atoms with Gasteiger partial charge in [-0.1, -0.05) is 24.3 Å². The highest BCUT2D eigenvalue weighted by Gasteiger charge is 2.37. The smallest absolute Gasteiger partial charge is 0.291 e. The van der Waals surface area contributed by atoms with E-state index in [2.05, 4.69) is 0 Å². The van der Waals surface area contributed by atoms with Gasteiger partial charge in [-0.2, -0.15) is 0 Å². The van der Waals surface area contributed by atoms with Crippen molar-refractivity contribution in [1.29, 1.82) is 0 Å². The van der Waals surface area contributed by atoms with Crippen LogP contribution in [-0.4, -0.2) is 6.66 Å². The molecular weight excluding hydrogens is 279 g/mol. The van der Waals surface area contributed by atoms with E-state index in [9.17, 15) is 0 Å². The summed E-state index contributed by atoms with van der Waals surface area (Å²) in [5.74, 6) is 1.47. The van der Waals surface area contributed by atoms with Crippen LogP contribution in [0.4, 0.5) is 0 Å². The minimum Gasteiger partial charge on any atom is -0.291 e. The Labute approximate surface area is 119 Å². The topological polar surface area (TPSA) is 18.5 Å². The molecule has 0 aromatic heterocycles. The van der Waals surface area contributed by atoms with Crippen molar-refractivity contribution >= 4 is 18.3 Å². The van der Waals surface area contributed by atoms with E-state index in [0.717, 1.165) is 22.6 Å². The summed E-state index contributed by atoms with van der Waals surface area (Å²) in [7, 11) is -2.45. The lowest BCUT2D eigenvalue weighted by molar-refractivity contribution is 0.488. The van der Waals surface area contributed by atoms with Crippen LogP contribution in [0.1, 0.15) is 11.1 Å². The number of aryl methyl sites for hydroxylation is 2. The van der Waals surface area contributed by atoms with Gasteiger partial charge in [-0.3, -0.25) is 9.05 Å². The zero-order valence-corrected chi connectivity index (χ0v) is 12.9. The number of halogens is 1. The molecule has 0 heterocycles. The molecule has 2 aromatic carbocycles. The van der Waals surface area contributed by atoms with Crippen molar-refractivity contribution in [2.45, 2.75) is 13.8 Å². The molecule has 0 unspecified atom stereocenters. The molecule has 19 heavy (non-hydrogen) atoms. The second-order valence-corrected chi connectivity index (χ2v) is 8.26. The molecule has 4 heteroatoms. The van der Waals surface area contributed by atoms with E-state index in [4.69, 9.17) is 20.3 Å². The third-order valence-electron chi connectivity index (χ3n) is 2.52. The Morgan fingerprint density at radius 1 is 0.842 bits per heavy atom. The van der Waals surface area contributed by atoms with Crippen molar-refractivity contribution in [1.82, 2.24) is 0 Å². The molecule has 0 spiro atoms. The Bertz CT molecular complexity index is 520. The van der Waals surface area contributed by atoms with Crippen LogP contribution in [0.5, 0.6) is 11.5 Å². The molecule has 0 radical (unpaired) electrons. The molecule has 0 aliphatic heterocycles. The summed E-state index contributed by atoms with van der Waals surface area (Å²) < 4.78 is 11.6.